The summed E-state index contributed by atoms with van der Waals surface area (Å²) in [4.78, 5) is 13.0. The second kappa shape index (κ2) is 5.00. The van der Waals surface area contributed by atoms with E-state index in [1.807, 2.05) is 0 Å². The molecule has 6 heteroatoms. The maximum absolute atomic E-state index is 13.0. The molecule has 1 fully saturated rings. The lowest BCUT2D eigenvalue weighted by Gasteiger charge is -2.21. The maximum atomic E-state index is 13.0. The Hall–Kier alpha value is -1.30. The summed E-state index contributed by atoms with van der Waals surface area (Å²) in [5.41, 5.74) is -0.898. The number of benzene rings is 1. The molecule has 0 aromatic heterocycles. The molecule has 0 bridgehead atoms. The average molecular weight is 334 g/mol. The fourth-order valence-corrected chi connectivity index (χ4v) is 2.46. The molecule has 1 unspecified atom stereocenters. The van der Waals surface area contributed by atoms with E-state index in [1.165, 1.54) is 17.0 Å². The van der Waals surface area contributed by atoms with Crippen LogP contribution >= 0.6 is 15.9 Å². The zero-order chi connectivity index (χ0) is 14.2. The molecule has 1 aliphatic rings. The van der Waals surface area contributed by atoms with Crippen molar-refractivity contribution in [2.75, 3.05) is 11.4 Å². The molecule has 2 rings (SSSR count). The van der Waals surface area contributed by atoms with E-state index in [-0.39, 0.29) is 30.5 Å². The van der Waals surface area contributed by atoms with Gasteiger partial charge in [0.05, 0.1) is 11.3 Å². The molecule has 0 N–H and O–H groups in total. The van der Waals surface area contributed by atoms with E-state index in [0.717, 1.165) is 6.07 Å². The molecule has 0 saturated carbocycles. The normalized spacial score (nSPS) is 19.9. The molecule has 0 radical (unpaired) electrons. The molecule has 1 atom stereocenters. The molecule has 0 aliphatic carbocycles. The maximum Gasteiger partial charge on any atom is 0.418 e. The van der Waals surface area contributed by atoms with Gasteiger partial charge in [0.25, 0.3) is 0 Å². The highest BCUT2D eigenvalue weighted by molar-refractivity contribution is 9.10. The smallest absolute Gasteiger partial charge is 0.311 e. The third-order valence-electron chi connectivity index (χ3n) is 3.04. The topological polar surface area (TPSA) is 20.3 Å². The fourth-order valence-electron chi connectivity index (χ4n) is 2.10. The van der Waals surface area contributed by atoms with E-state index in [0.29, 0.717) is 4.47 Å². The number of rotatable bonds is 2. The molecule has 2 nitrogen and oxygen atoms in total. The van der Waals surface area contributed by atoms with Crippen LogP contribution in [-0.2, 0) is 11.0 Å². The third-order valence-corrected chi connectivity index (χ3v) is 3.54. The zero-order valence-electron chi connectivity index (χ0n) is 9.88. The van der Waals surface area contributed by atoms with Gasteiger partial charge in [0.2, 0.25) is 5.91 Å². The van der Waals surface area contributed by atoms with Gasteiger partial charge in [0, 0.05) is 23.4 Å². The van der Waals surface area contributed by atoms with Crippen LogP contribution in [0.25, 0.3) is 0 Å². The number of amides is 1. The summed E-state index contributed by atoms with van der Waals surface area (Å²) >= 11 is 3.02. The van der Waals surface area contributed by atoms with E-state index < -0.39 is 11.7 Å². The Labute approximate surface area is 117 Å². The quantitative estimate of drug-likeness (QED) is 0.749. The largest absolute Gasteiger partial charge is 0.418 e. The number of nitrogens with zero attached hydrogens (tertiary/aromatic N) is 1. The first-order chi connectivity index (χ1) is 8.82. The van der Waals surface area contributed by atoms with Crippen LogP contribution in [0.4, 0.5) is 18.9 Å². The Morgan fingerprint density at radius 3 is 2.63 bits per heavy atom. The van der Waals surface area contributed by atoms with E-state index >= 15 is 0 Å². The number of carbonyl (C=O) groups excluding carboxylic acids is 1. The monoisotopic (exact) mass is 333 g/mol. The number of anilines is 1. The van der Waals surface area contributed by atoms with Gasteiger partial charge in [-0.1, -0.05) is 22.0 Å². The van der Waals surface area contributed by atoms with Gasteiger partial charge in [0.15, 0.2) is 0 Å². The Kier molecular flexibility index (Phi) is 3.71. The van der Waals surface area contributed by atoms with Crippen molar-refractivity contribution in [3.05, 3.63) is 40.9 Å². The Bertz CT molecular complexity index is 527. The van der Waals surface area contributed by atoms with Gasteiger partial charge in [-0.3, -0.25) is 4.79 Å². The van der Waals surface area contributed by atoms with Gasteiger partial charge >= 0.3 is 6.18 Å². The lowest BCUT2D eigenvalue weighted by Crippen LogP contribution is -2.27. The molecule has 1 amide bonds. The summed E-state index contributed by atoms with van der Waals surface area (Å²) < 4.78 is 39.4. The number of alkyl halides is 3. The van der Waals surface area contributed by atoms with Crippen LogP contribution in [0.15, 0.2) is 35.3 Å². The predicted octanol–water partition coefficient (Wildman–Crippen LogP) is 4.01. The zero-order valence-corrected chi connectivity index (χ0v) is 11.5. The summed E-state index contributed by atoms with van der Waals surface area (Å²) in [5, 5.41) is 0. The number of hydrogen-bond acceptors (Lipinski definition) is 1. The highest BCUT2D eigenvalue weighted by Crippen LogP contribution is 2.40. The van der Waals surface area contributed by atoms with Crippen molar-refractivity contribution in [1.29, 1.82) is 0 Å². The van der Waals surface area contributed by atoms with Gasteiger partial charge in [-0.25, -0.2) is 0 Å². The first-order valence-electron chi connectivity index (χ1n) is 5.62. The highest BCUT2D eigenvalue weighted by atomic mass is 79.9. The van der Waals surface area contributed by atoms with Crippen LogP contribution in [0, 0.1) is 5.92 Å². The minimum absolute atomic E-state index is 0.0925. The molecular weight excluding hydrogens is 323 g/mol. The van der Waals surface area contributed by atoms with Gasteiger partial charge < -0.3 is 4.90 Å². The minimum atomic E-state index is -4.49. The van der Waals surface area contributed by atoms with Crippen molar-refractivity contribution < 1.29 is 18.0 Å². The van der Waals surface area contributed by atoms with Crippen LogP contribution in [0.2, 0.25) is 0 Å². The van der Waals surface area contributed by atoms with Crippen LogP contribution in [-0.4, -0.2) is 12.5 Å². The Morgan fingerprint density at radius 1 is 1.42 bits per heavy atom. The molecule has 1 aromatic carbocycles. The first-order valence-corrected chi connectivity index (χ1v) is 6.42. The van der Waals surface area contributed by atoms with E-state index in [4.69, 9.17) is 0 Å². The molecule has 1 heterocycles. The number of carbonyl (C=O) groups is 1. The lowest BCUT2D eigenvalue weighted by atomic mass is 10.1. The van der Waals surface area contributed by atoms with Crippen LogP contribution < -0.4 is 4.90 Å². The highest BCUT2D eigenvalue weighted by Gasteiger charge is 2.38. The van der Waals surface area contributed by atoms with Crippen LogP contribution in [0.1, 0.15) is 12.0 Å². The van der Waals surface area contributed by atoms with Crippen molar-refractivity contribution in [2.24, 2.45) is 5.92 Å². The molecule has 1 aromatic rings. The van der Waals surface area contributed by atoms with Crippen molar-refractivity contribution in [1.82, 2.24) is 0 Å². The van der Waals surface area contributed by atoms with Gasteiger partial charge in [0.1, 0.15) is 0 Å². The van der Waals surface area contributed by atoms with Crippen molar-refractivity contribution in [2.45, 2.75) is 12.6 Å². The fraction of sp³-hybridized carbons (Fsp3) is 0.308. The molecular formula is C13H11BrF3NO. The molecule has 0 spiro atoms. The van der Waals surface area contributed by atoms with E-state index in [9.17, 15) is 18.0 Å². The van der Waals surface area contributed by atoms with Gasteiger partial charge in [-0.2, -0.15) is 13.2 Å². The number of halogens is 4. The summed E-state index contributed by atoms with van der Waals surface area (Å²) in [6, 6.07) is 3.80. The predicted molar refractivity (Wildman–Crippen MR) is 69.8 cm³/mol. The average Bonchev–Trinajstić information content (AvgIpc) is 2.69. The molecule has 19 heavy (non-hydrogen) atoms. The molecule has 102 valence electrons. The second-order valence-corrected chi connectivity index (χ2v) is 5.28. The molecule has 1 aliphatic heterocycles. The van der Waals surface area contributed by atoms with Crippen LogP contribution in [0.3, 0.4) is 0 Å². The molecule has 1 saturated heterocycles. The SMILES string of the molecule is C=CC1CC(=O)N(c2ccc(Br)cc2C(F)(F)F)C1. The van der Waals surface area contributed by atoms with Gasteiger partial charge in [-0.05, 0) is 18.2 Å². The van der Waals surface area contributed by atoms with Crippen molar-refractivity contribution in [3.63, 3.8) is 0 Å². The van der Waals surface area contributed by atoms with Crippen molar-refractivity contribution in [3.8, 4) is 0 Å². The Balaban J connectivity index is 2.45. The van der Waals surface area contributed by atoms with Gasteiger partial charge in [-0.15, -0.1) is 6.58 Å². The number of hydrogen-bond donors (Lipinski definition) is 0. The first kappa shape index (κ1) is 14.1. The van der Waals surface area contributed by atoms with E-state index in [2.05, 4.69) is 22.5 Å². The third kappa shape index (κ3) is 2.83. The minimum Gasteiger partial charge on any atom is -0.311 e. The van der Waals surface area contributed by atoms with Crippen LogP contribution in [0.5, 0.6) is 0 Å². The standard InChI is InChI=1S/C13H11BrF3NO/c1-2-8-5-12(19)18(7-8)11-4-3-9(14)6-10(11)13(15,16)17/h2-4,6,8H,1,5,7H2. The van der Waals surface area contributed by atoms with Crippen molar-refractivity contribution >= 4 is 27.5 Å². The lowest BCUT2D eigenvalue weighted by molar-refractivity contribution is -0.137. The summed E-state index contributed by atoms with van der Waals surface area (Å²) in [7, 11) is 0. The summed E-state index contributed by atoms with van der Waals surface area (Å²) in [6.45, 7) is 3.83. The Morgan fingerprint density at radius 2 is 2.11 bits per heavy atom. The second-order valence-electron chi connectivity index (χ2n) is 4.36. The summed E-state index contributed by atoms with van der Waals surface area (Å²) in [5.74, 6) is -0.407. The van der Waals surface area contributed by atoms with E-state index in [1.54, 1.807) is 6.08 Å². The summed E-state index contributed by atoms with van der Waals surface area (Å²) in [6.07, 6.45) is -2.69.